The fourth-order valence-corrected chi connectivity index (χ4v) is 4.22. The van der Waals surface area contributed by atoms with Crippen molar-refractivity contribution in [3.05, 3.63) is 29.8 Å². The van der Waals surface area contributed by atoms with E-state index in [2.05, 4.69) is 47.5 Å². The number of fused-ring (bicyclic) bond motifs is 2. The lowest BCUT2D eigenvalue weighted by Crippen LogP contribution is -2.51. The maximum absolute atomic E-state index is 5.36. The third-order valence-electron chi connectivity index (χ3n) is 5.18. The number of benzene rings is 1. The highest BCUT2D eigenvalue weighted by Crippen LogP contribution is 2.44. The second-order valence-electron chi connectivity index (χ2n) is 7.24. The van der Waals surface area contributed by atoms with Crippen molar-refractivity contribution in [3.8, 4) is 0 Å². The van der Waals surface area contributed by atoms with E-state index in [9.17, 15) is 0 Å². The lowest BCUT2D eigenvalue weighted by molar-refractivity contribution is 0.389. The van der Waals surface area contributed by atoms with Gasteiger partial charge in [-0.05, 0) is 79.1 Å². The molecule has 0 spiro atoms. The van der Waals surface area contributed by atoms with Crippen LogP contribution in [-0.4, -0.2) is 16.3 Å². The van der Waals surface area contributed by atoms with Crippen molar-refractivity contribution in [3.63, 3.8) is 0 Å². The molecule has 0 amide bonds. The average molecular weight is 363 g/mol. The first-order chi connectivity index (χ1) is 11.5. The third-order valence-corrected chi connectivity index (χ3v) is 5.60. The maximum atomic E-state index is 5.36. The van der Waals surface area contributed by atoms with Crippen LogP contribution in [0.3, 0.4) is 0 Å². The minimum atomic E-state index is 0.504. The summed E-state index contributed by atoms with van der Waals surface area (Å²) in [5.74, 6) is 2.22. The van der Waals surface area contributed by atoms with Crippen LogP contribution in [0.4, 0.5) is 5.69 Å². The standard InChI is InChI=1S/C18H26N4S2/c1-11(2)13-5-7-15(8-6-13)19-17(23)21-22-18(24)20-16-10-12-3-4-14(16)9-12/h5-8,11-12,14,16H,3-4,9-10H2,1-2H3,(H2,19,21,23)(H2,20,22,24)/t12-,14-,16+/m0/s1. The summed E-state index contributed by atoms with van der Waals surface area (Å²) in [6.07, 6.45) is 5.34. The van der Waals surface area contributed by atoms with E-state index in [1.807, 2.05) is 12.1 Å². The number of hydrogen-bond acceptors (Lipinski definition) is 2. The molecule has 1 aromatic carbocycles. The molecule has 0 saturated heterocycles. The molecule has 3 rings (SSSR count). The Labute approximate surface area is 155 Å². The van der Waals surface area contributed by atoms with E-state index in [-0.39, 0.29) is 0 Å². The van der Waals surface area contributed by atoms with Crippen LogP contribution in [-0.2, 0) is 0 Å². The molecule has 0 unspecified atom stereocenters. The monoisotopic (exact) mass is 362 g/mol. The number of thiocarbonyl (C=S) groups is 2. The predicted octanol–water partition coefficient (Wildman–Crippen LogP) is 3.66. The molecular formula is C18H26N4S2. The lowest BCUT2D eigenvalue weighted by Gasteiger charge is -2.24. The summed E-state index contributed by atoms with van der Waals surface area (Å²) in [6.45, 7) is 4.37. The molecule has 6 heteroatoms. The van der Waals surface area contributed by atoms with Crippen LogP contribution in [0.15, 0.2) is 24.3 Å². The van der Waals surface area contributed by atoms with Gasteiger partial charge in [-0.2, -0.15) is 0 Å². The first-order valence-electron chi connectivity index (χ1n) is 8.74. The van der Waals surface area contributed by atoms with Crippen LogP contribution in [0.1, 0.15) is 51.0 Å². The SMILES string of the molecule is CC(C)c1ccc(NC(=S)NNC(=S)N[C@@H]2C[C@H]3CC[C@H]2C3)cc1. The van der Waals surface area contributed by atoms with Crippen molar-refractivity contribution in [2.24, 2.45) is 11.8 Å². The second-order valence-corrected chi connectivity index (χ2v) is 8.05. The molecule has 1 aromatic rings. The smallest absolute Gasteiger partial charge is 0.189 e. The quantitative estimate of drug-likeness (QED) is 0.486. The number of nitrogens with one attached hydrogen (secondary N) is 4. The predicted molar refractivity (Wildman–Crippen MR) is 108 cm³/mol. The van der Waals surface area contributed by atoms with E-state index in [0.29, 0.717) is 22.2 Å². The van der Waals surface area contributed by atoms with Gasteiger partial charge in [0.2, 0.25) is 0 Å². The summed E-state index contributed by atoms with van der Waals surface area (Å²) < 4.78 is 0. The van der Waals surface area contributed by atoms with Crippen molar-refractivity contribution >= 4 is 40.3 Å². The highest BCUT2D eigenvalue weighted by molar-refractivity contribution is 7.80. The zero-order chi connectivity index (χ0) is 17.1. The molecular weight excluding hydrogens is 336 g/mol. The van der Waals surface area contributed by atoms with Crippen molar-refractivity contribution in [2.45, 2.75) is 51.5 Å². The molecule has 130 valence electrons. The topological polar surface area (TPSA) is 48.1 Å². The molecule has 3 atom stereocenters. The number of rotatable bonds is 3. The summed E-state index contributed by atoms with van der Waals surface area (Å²) in [5, 5.41) is 7.70. The Hall–Kier alpha value is -1.40. The van der Waals surface area contributed by atoms with Crippen LogP contribution >= 0.6 is 24.4 Å². The number of hydrogen-bond donors (Lipinski definition) is 4. The molecule has 2 saturated carbocycles. The molecule has 4 N–H and O–H groups in total. The van der Waals surface area contributed by atoms with Gasteiger partial charge in [-0.15, -0.1) is 0 Å². The van der Waals surface area contributed by atoms with Crippen LogP contribution in [0.2, 0.25) is 0 Å². The minimum Gasteiger partial charge on any atom is -0.358 e. The summed E-state index contributed by atoms with van der Waals surface area (Å²) in [4.78, 5) is 0. The maximum Gasteiger partial charge on any atom is 0.189 e. The molecule has 0 radical (unpaired) electrons. The number of anilines is 1. The van der Waals surface area contributed by atoms with E-state index in [0.717, 1.165) is 17.5 Å². The van der Waals surface area contributed by atoms with E-state index < -0.39 is 0 Å². The van der Waals surface area contributed by atoms with Gasteiger partial charge < -0.3 is 10.6 Å². The third kappa shape index (κ3) is 4.36. The molecule has 0 aliphatic heterocycles. The Bertz CT molecular complexity index is 600. The lowest BCUT2D eigenvalue weighted by atomic mass is 9.96. The Morgan fingerprint density at radius 1 is 1.00 bits per heavy atom. The summed E-state index contributed by atoms with van der Waals surface area (Å²) in [5.41, 5.74) is 8.22. The Morgan fingerprint density at radius 2 is 1.71 bits per heavy atom. The zero-order valence-electron chi connectivity index (χ0n) is 14.3. The summed E-state index contributed by atoms with van der Waals surface area (Å²) in [6, 6.07) is 8.83. The number of hydrazine groups is 1. The van der Waals surface area contributed by atoms with E-state index >= 15 is 0 Å². The van der Waals surface area contributed by atoms with E-state index in [1.54, 1.807) is 0 Å². The van der Waals surface area contributed by atoms with Crippen LogP contribution in [0.5, 0.6) is 0 Å². The van der Waals surface area contributed by atoms with E-state index in [4.69, 9.17) is 24.4 Å². The second kappa shape index (κ2) is 7.66. The molecule has 24 heavy (non-hydrogen) atoms. The molecule has 2 fully saturated rings. The summed E-state index contributed by atoms with van der Waals surface area (Å²) >= 11 is 10.7. The Balaban J connectivity index is 1.39. The minimum absolute atomic E-state index is 0.504. The van der Waals surface area contributed by atoms with Gasteiger partial charge in [-0.25, -0.2) is 0 Å². The van der Waals surface area contributed by atoms with Gasteiger partial charge in [0.15, 0.2) is 10.2 Å². The zero-order valence-corrected chi connectivity index (χ0v) is 15.9. The molecule has 0 heterocycles. The van der Waals surface area contributed by atoms with Gasteiger partial charge in [-0.1, -0.05) is 32.4 Å². The first-order valence-corrected chi connectivity index (χ1v) is 9.56. The van der Waals surface area contributed by atoms with Crippen molar-refractivity contribution < 1.29 is 0 Å². The Kier molecular flexibility index (Phi) is 5.56. The van der Waals surface area contributed by atoms with Gasteiger partial charge >= 0.3 is 0 Å². The Morgan fingerprint density at radius 3 is 2.29 bits per heavy atom. The highest BCUT2D eigenvalue weighted by atomic mass is 32.1. The molecule has 4 nitrogen and oxygen atoms in total. The molecule has 2 bridgehead atoms. The normalized spacial score (nSPS) is 24.7. The van der Waals surface area contributed by atoms with Crippen molar-refractivity contribution in [1.82, 2.24) is 16.2 Å². The van der Waals surface area contributed by atoms with Crippen molar-refractivity contribution in [2.75, 3.05) is 5.32 Å². The van der Waals surface area contributed by atoms with Gasteiger partial charge in [0.1, 0.15) is 0 Å². The molecule has 2 aliphatic rings. The average Bonchev–Trinajstić information content (AvgIpc) is 3.16. The van der Waals surface area contributed by atoms with Crippen LogP contribution in [0.25, 0.3) is 0 Å². The van der Waals surface area contributed by atoms with E-state index in [1.165, 1.54) is 31.2 Å². The van der Waals surface area contributed by atoms with Gasteiger partial charge in [0.25, 0.3) is 0 Å². The molecule has 0 aromatic heterocycles. The van der Waals surface area contributed by atoms with Gasteiger partial charge in [0, 0.05) is 11.7 Å². The molecule has 2 aliphatic carbocycles. The fourth-order valence-electron chi connectivity index (χ4n) is 3.85. The highest BCUT2D eigenvalue weighted by Gasteiger charge is 2.39. The first kappa shape index (κ1) is 17.4. The fraction of sp³-hybridized carbons (Fsp3) is 0.556. The van der Waals surface area contributed by atoms with Gasteiger partial charge in [-0.3, -0.25) is 10.9 Å². The van der Waals surface area contributed by atoms with Gasteiger partial charge in [0.05, 0.1) is 0 Å². The largest absolute Gasteiger partial charge is 0.358 e. The van der Waals surface area contributed by atoms with Crippen molar-refractivity contribution in [1.29, 1.82) is 0 Å². The van der Waals surface area contributed by atoms with Crippen LogP contribution in [0, 0.1) is 11.8 Å². The summed E-state index contributed by atoms with van der Waals surface area (Å²) in [7, 11) is 0. The van der Waals surface area contributed by atoms with Crippen LogP contribution < -0.4 is 21.5 Å².